The van der Waals surface area contributed by atoms with Crippen molar-refractivity contribution in [1.29, 1.82) is 0 Å². The van der Waals surface area contributed by atoms with Gasteiger partial charge >= 0.3 is 0 Å². The molecule has 0 aromatic heterocycles. The highest BCUT2D eigenvalue weighted by Crippen LogP contribution is 2.26. The van der Waals surface area contributed by atoms with Crippen LogP contribution in [0.1, 0.15) is 33.6 Å². The van der Waals surface area contributed by atoms with Gasteiger partial charge in [-0.05, 0) is 32.4 Å². The number of likely N-dealkylation sites (tertiary alicyclic amines) is 1. The third-order valence-corrected chi connectivity index (χ3v) is 2.95. The molecular formula is C13H26N2O2. The highest BCUT2D eigenvalue weighted by molar-refractivity contribution is 5.86. The zero-order chi connectivity index (χ0) is 13.3. The first-order valence-electron chi connectivity index (χ1n) is 6.31. The highest BCUT2D eigenvalue weighted by Gasteiger charge is 2.43. The molecule has 1 saturated heterocycles. The molecule has 1 atom stereocenters. The monoisotopic (exact) mass is 242 g/mol. The normalized spacial score (nSPS) is 26.8. The standard InChI is InChI=1S/C13H26N2O2/c1-12(2,3)9-15-8-6-7-13(17,11(15)16)10-14(4)5/h17H,6-10H2,1-5H3/t13-/m0/s1. The molecule has 1 aliphatic rings. The summed E-state index contributed by atoms with van der Waals surface area (Å²) in [6, 6.07) is 0. The fraction of sp³-hybridized carbons (Fsp3) is 0.923. The van der Waals surface area contributed by atoms with Crippen LogP contribution in [0, 0.1) is 5.41 Å². The summed E-state index contributed by atoms with van der Waals surface area (Å²) in [4.78, 5) is 16.0. The second kappa shape index (κ2) is 4.94. The average molecular weight is 242 g/mol. The molecule has 0 aromatic rings. The maximum Gasteiger partial charge on any atom is 0.255 e. The van der Waals surface area contributed by atoms with E-state index in [9.17, 15) is 9.90 Å². The molecular weight excluding hydrogens is 216 g/mol. The SMILES string of the molecule is CN(C)C[C@@]1(O)CCCN(CC(C)(C)C)C1=O. The van der Waals surface area contributed by atoms with Crippen molar-refractivity contribution < 1.29 is 9.90 Å². The molecule has 0 aromatic carbocycles. The number of aliphatic hydroxyl groups is 1. The summed E-state index contributed by atoms with van der Waals surface area (Å²) in [7, 11) is 3.77. The van der Waals surface area contributed by atoms with Crippen LogP contribution in [-0.2, 0) is 4.79 Å². The first-order chi connectivity index (χ1) is 7.64. The number of likely N-dealkylation sites (N-methyl/N-ethyl adjacent to an activating group) is 1. The van der Waals surface area contributed by atoms with Crippen molar-refractivity contribution >= 4 is 5.91 Å². The molecule has 1 rings (SSSR count). The molecule has 1 aliphatic heterocycles. The van der Waals surface area contributed by atoms with E-state index in [1.807, 2.05) is 23.9 Å². The van der Waals surface area contributed by atoms with Gasteiger partial charge in [0.05, 0.1) is 0 Å². The van der Waals surface area contributed by atoms with E-state index in [0.29, 0.717) is 19.5 Å². The second-order valence-electron chi connectivity index (χ2n) is 6.66. The molecule has 0 saturated carbocycles. The van der Waals surface area contributed by atoms with Crippen molar-refractivity contribution in [2.45, 2.75) is 39.2 Å². The maximum atomic E-state index is 12.3. The van der Waals surface area contributed by atoms with Crippen molar-refractivity contribution in [2.75, 3.05) is 33.7 Å². The van der Waals surface area contributed by atoms with E-state index in [1.165, 1.54) is 0 Å². The number of piperidine rings is 1. The smallest absolute Gasteiger partial charge is 0.255 e. The minimum atomic E-state index is -1.19. The summed E-state index contributed by atoms with van der Waals surface area (Å²) in [6.45, 7) is 8.22. The van der Waals surface area contributed by atoms with E-state index >= 15 is 0 Å². The highest BCUT2D eigenvalue weighted by atomic mass is 16.3. The molecule has 0 unspecified atom stereocenters. The molecule has 0 spiro atoms. The number of carbonyl (C=O) groups excluding carboxylic acids is 1. The molecule has 0 bridgehead atoms. The molecule has 1 heterocycles. The zero-order valence-corrected chi connectivity index (χ0v) is 11.8. The van der Waals surface area contributed by atoms with Gasteiger partial charge < -0.3 is 14.9 Å². The van der Waals surface area contributed by atoms with Gasteiger partial charge in [0.1, 0.15) is 0 Å². The van der Waals surface area contributed by atoms with Crippen LogP contribution < -0.4 is 0 Å². The quantitative estimate of drug-likeness (QED) is 0.801. The minimum absolute atomic E-state index is 0.0754. The van der Waals surface area contributed by atoms with Crippen LogP contribution >= 0.6 is 0 Å². The van der Waals surface area contributed by atoms with Crippen molar-refractivity contribution in [1.82, 2.24) is 9.80 Å². The maximum absolute atomic E-state index is 12.3. The Morgan fingerprint density at radius 3 is 2.47 bits per heavy atom. The van der Waals surface area contributed by atoms with Gasteiger partial charge in [-0.1, -0.05) is 20.8 Å². The minimum Gasteiger partial charge on any atom is -0.379 e. The van der Waals surface area contributed by atoms with Crippen LogP contribution in [0.15, 0.2) is 0 Å². The van der Waals surface area contributed by atoms with Crippen LogP contribution in [0.5, 0.6) is 0 Å². The Morgan fingerprint density at radius 2 is 2.00 bits per heavy atom. The van der Waals surface area contributed by atoms with Crippen molar-refractivity contribution in [2.24, 2.45) is 5.41 Å². The van der Waals surface area contributed by atoms with Crippen LogP contribution in [-0.4, -0.2) is 60.1 Å². The number of rotatable bonds is 3. The van der Waals surface area contributed by atoms with E-state index in [1.54, 1.807) is 0 Å². The van der Waals surface area contributed by atoms with E-state index in [0.717, 1.165) is 13.0 Å². The van der Waals surface area contributed by atoms with Crippen LogP contribution in [0.2, 0.25) is 0 Å². The van der Waals surface area contributed by atoms with Gasteiger partial charge in [0.15, 0.2) is 5.60 Å². The van der Waals surface area contributed by atoms with E-state index in [2.05, 4.69) is 20.8 Å². The first kappa shape index (κ1) is 14.5. The molecule has 100 valence electrons. The fourth-order valence-corrected chi connectivity index (χ4v) is 2.46. The molecule has 1 N–H and O–H groups in total. The molecule has 4 heteroatoms. The van der Waals surface area contributed by atoms with Gasteiger partial charge in [0, 0.05) is 19.6 Å². The van der Waals surface area contributed by atoms with Crippen molar-refractivity contribution in [3.8, 4) is 0 Å². The lowest BCUT2D eigenvalue weighted by Gasteiger charge is -2.41. The Bertz CT molecular complexity index is 284. The molecule has 0 aliphatic carbocycles. The number of nitrogens with zero attached hydrogens (tertiary/aromatic N) is 2. The van der Waals surface area contributed by atoms with Crippen LogP contribution in [0.4, 0.5) is 0 Å². The third-order valence-electron chi connectivity index (χ3n) is 2.95. The molecule has 1 fully saturated rings. The van der Waals surface area contributed by atoms with Gasteiger partial charge in [-0.15, -0.1) is 0 Å². The number of hydrogen-bond acceptors (Lipinski definition) is 3. The lowest BCUT2D eigenvalue weighted by atomic mass is 9.88. The predicted octanol–water partition coefficient (Wildman–Crippen LogP) is 0.948. The predicted molar refractivity (Wildman–Crippen MR) is 68.8 cm³/mol. The summed E-state index contributed by atoms with van der Waals surface area (Å²) in [5.41, 5.74) is -1.11. The number of hydrogen-bond donors (Lipinski definition) is 1. The van der Waals surface area contributed by atoms with Crippen molar-refractivity contribution in [3.05, 3.63) is 0 Å². The first-order valence-corrected chi connectivity index (χ1v) is 6.31. The molecule has 1 amide bonds. The lowest BCUT2D eigenvalue weighted by molar-refractivity contribution is -0.160. The Labute approximate surface area is 105 Å². The van der Waals surface area contributed by atoms with E-state index in [4.69, 9.17) is 0 Å². The summed E-state index contributed by atoms with van der Waals surface area (Å²) >= 11 is 0. The Balaban J connectivity index is 2.74. The summed E-state index contributed by atoms with van der Waals surface area (Å²) in [5.74, 6) is -0.104. The second-order valence-corrected chi connectivity index (χ2v) is 6.66. The topological polar surface area (TPSA) is 43.8 Å². The largest absolute Gasteiger partial charge is 0.379 e. The zero-order valence-electron chi connectivity index (χ0n) is 11.8. The number of carbonyl (C=O) groups is 1. The van der Waals surface area contributed by atoms with Gasteiger partial charge in [-0.3, -0.25) is 4.79 Å². The van der Waals surface area contributed by atoms with Crippen LogP contribution in [0.3, 0.4) is 0 Å². The third kappa shape index (κ3) is 3.96. The number of amides is 1. The lowest BCUT2D eigenvalue weighted by Crippen LogP contribution is -2.58. The summed E-state index contributed by atoms with van der Waals surface area (Å²) in [6.07, 6.45) is 1.46. The van der Waals surface area contributed by atoms with Gasteiger partial charge in [-0.2, -0.15) is 0 Å². The average Bonchev–Trinajstić information content (AvgIpc) is 2.09. The van der Waals surface area contributed by atoms with Gasteiger partial charge in [0.25, 0.3) is 5.91 Å². The van der Waals surface area contributed by atoms with Crippen molar-refractivity contribution in [3.63, 3.8) is 0 Å². The Kier molecular flexibility index (Phi) is 4.20. The molecule has 0 radical (unpaired) electrons. The summed E-state index contributed by atoms with van der Waals surface area (Å²) in [5, 5.41) is 10.4. The van der Waals surface area contributed by atoms with E-state index in [-0.39, 0.29) is 11.3 Å². The van der Waals surface area contributed by atoms with Gasteiger partial charge in [-0.25, -0.2) is 0 Å². The van der Waals surface area contributed by atoms with Gasteiger partial charge in [0.2, 0.25) is 0 Å². The van der Waals surface area contributed by atoms with E-state index < -0.39 is 5.60 Å². The fourth-order valence-electron chi connectivity index (χ4n) is 2.46. The Hall–Kier alpha value is -0.610. The summed E-state index contributed by atoms with van der Waals surface area (Å²) < 4.78 is 0. The Morgan fingerprint density at radius 1 is 1.41 bits per heavy atom. The molecule has 4 nitrogen and oxygen atoms in total. The van der Waals surface area contributed by atoms with Crippen LogP contribution in [0.25, 0.3) is 0 Å². The molecule has 17 heavy (non-hydrogen) atoms.